The summed E-state index contributed by atoms with van der Waals surface area (Å²) in [6, 6.07) is 20.1. The Kier molecular flexibility index (Phi) is 5.49. The largest absolute Gasteiger partial charge is 0.445 e. The van der Waals surface area contributed by atoms with Gasteiger partial charge in [0.05, 0.1) is 0 Å². The third-order valence-electron chi connectivity index (χ3n) is 4.61. The summed E-state index contributed by atoms with van der Waals surface area (Å²) in [6.07, 6.45) is 1.61. The van der Waals surface area contributed by atoms with Crippen molar-refractivity contribution >= 4 is 6.09 Å². The molecule has 2 aromatic carbocycles. The average Bonchev–Trinajstić information content (AvgIpc) is 2.63. The molecule has 1 amide bonds. The van der Waals surface area contributed by atoms with E-state index in [0.29, 0.717) is 25.6 Å². The second kappa shape index (κ2) is 7.97. The fraction of sp³-hybridized carbons (Fsp3) is 0.350. The highest BCUT2D eigenvalue weighted by Crippen LogP contribution is 2.21. The van der Waals surface area contributed by atoms with E-state index in [-0.39, 0.29) is 12.1 Å². The minimum Gasteiger partial charge on any atom is -0.445 e. The highest BCUT2D eigenvalue weighted by Gasteiger charge is 2.29. The smallest absolute Gasteiger partial charge is 0.410 e. The van der Waals surface area contributed by atoms with Gasteiger partial charge in [-0.1, -0.05) is 60.7 Å². The third kappa shape index (κ3) is 4.36. The van der Waals surface area contributed by atoms with Gasteiger partial charge in [0.2, 0.25) is 0 Å². The first-order chi connectivity index (χ1) is 11.7. The topological polar surface area (TPSA) is 55.6 Å². The Balaban J connectivity index is 1.48. The quantitative estimate of drug-likeness (QED) is 0.939. The Labute approximate surface area is 143 Å². The minimum atomic E-state index is -0.271. The first-order valence-electron chi connectivity index (χ1n) is 8.47. The number of carbonyl (C=O) groups is 1. The van der Waals surface area contributed by atoms with Gasteiger partial charge in [0.25, 0.3) is 0 Å². The van der Waals surface area contributed by atoms with Crippen LogP contribution in [0.5, 0.6) is 0 Å². The van der Waals surface area contributed by atoms with Crippen molar-refractivity contribution in [2.45, 2.75) is 25.5 Å². The molecule has 1 fully saturated rings. The van der Waals surface area contributed by atoms with E-state index in [1.54, 1.807) is 4.90 Å². The van der Waals surface area contributed by atoms with Gasteiger partial charge in [-0.25, -0.2) is 4.79 Å². The van der Waals surface area contributed by atoms with E-state index in [1.807, 2.05) is 36.4 Å². The number of nitrogens with two attached hydrogens (primary N) is 1. The number of benzene rings is 2. The first-order valence-corrected chi connectivity index (χ1v) is 8.47. The fourth-order valence-corrected chi connectivity index (χ4v) is 3.18. The van der Waals surface area contributed by atoms with Crippen molar-refractivity contribution < 1.29 is 9.53 Å². The van der Waals surface area contributed by atoms with E-state index >= 15 is 0 Å². The van der Waals surface area contributed by atoms with Crippen molar-refractivity contribution in [2.24, 2.45) is 11.7 Å². The molecule has 1 aliphatic rings. The number of likely N-dealkylation sites (tertiary alicyclic amines) is 1. The molecule has 0 saturated carbocycles. The van der Waals surface area contributed by atoms with Crippen molar-refractivity contribution in [3.8, 4) is 0 Å². The molecule has 1 aliphatic heterocycles. The van der Waals surface area contributed by atoms with Crippen LogP contribution in [0.2, 0.25) is 0 Å². The van der Waals surface area contributed by atoms with E-state index < -0.39 is 0 Å². The molecule has 126 valence electrons. The lowest BCUT2D eigenvalue weighted by Gasteiger charge is -2.36. The van der Waals surface area contributed by atoms with Crippen molar-refractivity contribution in [2.75, 3.05) is 13.1 Å². The Morgan fingerprint density at radius 3 is 2.29 bits per heavy atom. The van der Waals surface area contributed by atoms with Crippen LogP contribution in [0.25, 0.3) is 0 Å². The molecule has 4 heteroatoms. The summed E-state index contributed by atoms with van der Waals surface area (Å²) in [5, 5.41) is 0. The van der Waals surface area contributed by atoms with Crippen molar-refractivity contribution in [3.63, 3.8) is 0 Å². The van der Waals surface area contributed by atoms with Gasteiger partial charge in [-0.05, 0) is 29.9 Å². The van der Waals surface area contributed by atoms with E-state index in [4.69, 9.17) is 10.5 Å². The number of carbonyl (C=O) groups excluding carboxylic acids is 1. The number of piperidine rings is 1. The van der Waals surface area contributed by atoms with Gasteiger partial charge in [0.15, 0.2) is 0 Å². The SMILES string of the molecule is NC1CN(C(=O)OCc2ccccc2)CCC1Cc1ccccc1. The molecule has 0 bridgehead atoms. The predicted octanol–water partition coefficient (Wildman–Crippen LogP) is 3.22. The highest BCUT2D eigenvalue weighted by atomic mass is 16.6. The summed E-state index contributed by atoms with van der Waals surface area (Å²) in [6.45, 7) is 1.57. The maximum absolute atomic E-state index is 12.2. The van der Waals surface area contributed by atoms with Crippen LogP contribution in [0.15, 0.2) is 60.7 Å². The van der Waals surface area contributed by atoms with Gasteiger partial charge in [0.1, 0.15) is 6.61 Å². The number of amides is 1. The second-order valence-corrected chi connectivity index (χ2v) is 6.39. The highest BCUT2D eigenvalue weighted by molar-refractivity contribution is 5.67. The maximum atomic E-state index is 12.2. The van der Waals surface area contributed by atoms with Crippen LogP contribution >= 0.6 is 0 Å². The van der Waals surface area contributed by atoms with Crippen molar-refractivity contribution in [1.82, 2.24) is 4.90 Å². The molecular weight excluding hydrogens is 300 g/mol. The van der Waals surface area contributed by atoms with E-state index in [2.05, 4.69) is 24.3 Å². The van der Waals surface area contributed by atoms with Crippen LogP contribution in [0.1, 0.15) is 17.5 Å². The molecule has 24 heavy (non-hydrogen) atoms. The monoisotopic (exact) mass is 324 g/mol. The Hall–Kier alpha value is -2.33. The zero-order valence-electron chi connectivity index (χ0n) is 13.8. The molecule has 0 spiro atoms. The molecule has 0 aliphatic carbocycles. The summed E-state index contributed by atoms with van der Waals surface area (Å²) >= 11 is 0. The van der Waals surface area contributed by atoms with Gasteiger partial charge in [0, 0.05) is 19.1 Å². The normalized spacial score (nSPS) is 20.6. The molecule has 1 heterocycles. The standard InChI is InChI=1S/C20H24N2O2/c21-19-14-22(20(23)24-15-17-9-5-2-6-10-17)12-11-18(19)13-16-7-3-1-4-8-16/h1-10,18-19H,11-15,21H2. The molecule has 0 radical (unpaired) electrons. The van der Waals surface area contributed by atoms with E-state index in [9.17, 15) is 4.79 Å². The van der Waals surface area contributed by atoms with Crippen LogP contribution in [0.3, 0.4) is 0 Å². The van der Waals surface area contributed by atoms with Crippen LogP contribution < -0.4 is 5.73 Å². The number of hydrogen-bond acceptors (Lipinski definition) is 3. The molecular formula is C20H24N2O2. The zero-order chi connectivity index (χ0) is 16.8. The summed E-state index contributed by atoms with van der Waals surface area (Å²) in [5.41, 5.74) is 8.61. The van der Waals surface area contributed by atoms with Gasteiger partial charge >= 0.3 is 6.09 Å². The Morgan fingerprint density at radius 2 is 1.67 bits per heavy atom. The minimum absolute atomic E-state index is 0.0109. The van der Waals surface area contributed by atoms with Gasteiger partial charge in [-0.3, -0.25) is 0 Å². The summed E-state index contributed by atoms with van der Waals surface area (Å²) in [5.74, 6) is 0.408. The summed E-state index contributed by atoms with van der Waals surface area (Å²) in [7, 11) is 0. The molecule has 2 N–H and O–H groups in total. The number of hydrogen-bond donors (Lipinski definition) is 1. The molecule has 2 atom stereocenters. The average molecular weight is 324 g/mol. The summed E-state index contributed by atoms with van der Waals surface area (Å²) < 4.78 is 5.40. The number of rotatable bonds is 4. The first kappa shape index (κ1) is 16.5. The zero-order valence-corrected chi connectivity index (χ0v) is 13.8. The number of ether oxygens (including phenoxy) is 1. The molecule has 2 aromatic rings. The second-order valence-electron chi connectivity index (χ2n) is 6.39. The lowest BCUT2D eigenvalue weighted by Crippen LogP contribution is -2.51. The molecule has 1 saturated heterocycles. The predicted molar refractivity (Wildman–Crippen MR) is 94.4 cm³/mol. The van der Waals surface area contributed by atoms with Crippen LogP contribution in [0, 0.1) is 5.92 Å². The third-order valence-corrected chi connectivity index (χ3v) is 4.61. The van der Waals surface area contributed by atoms with Crippen LogP contribution in [-0.2, 0) is 17.8 Å². The molecule has 2 unspecified atom stereocenters. The Bertz CT molecular complexity index is 645. The number of nitrogens with zero attached hydrogens (tertiary/aromatic N) is 1. The van der Waals surface area contributed by atoms with Crippen LogP contribution in [-0.4, -0.2) is 30.1 Å². The van der Waals surface area contributed by atoms with Gasteiger partial charge in [-0.15, -0.1) is 0 Å². The molecule has 0 aromatic heterocycles. The maximum Gasteiger partial charge on any atom is 0.410 e. The van der Waals surface area contributed by atoms with Gasteiger partial charge in [-0.2, -0.15) is 0 Å². The van der Waals surface area contributed by atoms with E-state index in [1.165, 1.54) is 5.56 Å². The van der Waals surface area contributed by atoms with Gasteiger partial charge < -0.3 is 15.4 Å². The van der Waals surface area contributed by atoms with E-state index in [0.717, 1.165) is 18.4 Å². The fourth-order valence-electron chi connectivity index (χ4n) is 3.18. The lowest BCUT2D eigenvalue weighted by atomic mass is 9.87. The van der Waals surface area contributed by atoms with Crippen molar-refractivity contribution in [3.05, 3.63) is 71.8 Å². The lowest BCUT2D eigenvalue weighted by molar-refractivity contribution is 0.0769. The molecule has 4 nitrogen and oxygen atoms in total. The molecule has 3 rings (SSSR count). The van der Waals surface area contributed by atoms with Crippen molar-refractivity contribution in [1.29, 1.82) is 0 Å². The van der Waals surface area contributed by atoms with Crippen LogP contribution in [0.4, 0.5) is 4.79 Å². The Morgan fingerprint density at radius 1 is 1.04 bits per heavy atom. The summed E-state index contributed by atoms with van der Waals surface area (Å²) in [4.78, 5) is 14.0.